The molecule has 0 bridgehead atoms. The molecule has 0 aliphatic carbocycles. The molecule has 1 amide bonds. The average Bonchev–Trinajstić information content (AvgIpc) is 2.48. The Morgan fingerprint density at radius 2 is 2.00 bits per heavy atom. The fourth-order valence-electron chi connectivity index (χ4n) is 2.75. The van der Waals surface area contributed by atoms with Gasteiger partial charge in [0.1, 0.15) is 0 Å². The minimum atomic E-state index is -0.536. The van der Waals surface area contributed by atoms with Crippen molar-refractivity contribution in [3.8, 4) is 12.3 Å². The maximum Gasteiger partial charge on any atom is 0.240 e. The van der Waals surface area contributed by atoms with Crippen molar-refractivity contribution >= 4 is 5.91 Å². The molecule has 1 saturated heterocycles. The molecule has 0 radical (unpaired) electrons. The molecule has 0 saturated carbocycles. The fraction of sp³-hybridized carbons (Fsp3) is 0.471. The number of terminal acetylenes is 1. The number of benzene rings is 1. The Morgan fingerprint density at radius 3 is 2.60 bits per heavy atom. The molecular formula is C17H22N2O. The largest absolute Gasteiger partial charge is 0.341 e. The Balaban J connectivity index is 1.81. The van der Waals surface area contributed by atoms with Crippen LogP contribution in [0.2, 0.25) is 0 Å². The molecule has 20 heavy (non-hydrogen) atoms. The molecule has 1 unspecified atom stereocenters. The summed E-state index contributed by atoms with van der Waals surface area (Å²) in [4.78, 5) is 13.9. The summed E-state index contributed by atoms with van der Waals surface area (Å²) in [6, 6.07) is 9.99. The monoisotopic (exact) mass is 270 g/mol. The van der Waals surface area contributed by atoms with E-state index in [-0.39, 0.29) is 5.91 Å². The lowest BCUT2D eigenvalue weighted by Crippen LogP contribution is -2.47. The minimum Gasteiger partial charge on any atom is -0.341 e. The Bertz CT molecular complexity index is 470. The van der Waals surface area contributed by atoms with Crippen LogP contribution in [0.4, 0.5) is 0 Å². The molecule has 1 aliphatic heterocycles. The highest BCUT2D eigenvalue weighted by Gasteiger charge is 2.25. The second-order valence-electron chi connectivity index (χ2n) is 5.47. The maximum absolute atomic E-state index is 12.1. The topological polar surface area (TPSA) is 46.3 Å². The lowest BCUT2D eigenvalue weighted by molar-refractivity contribution is -0.133. The first kappa shape index (κ1) is 14.6. The summed E-state index contributed by atoms with van der Waals surface area (Å²) in [5.41, 5.74) is 7.16. The Labute approximate surface area is 121 Å². The number of likely N-dealkylation sites (tertiary alicyclic amines) is 1. The van der Waals surface area contributed by atoms with Gasteiger partial charge in [0, 0.05) is 19.5 Å². The number of hydrogen-bond donors (Lipinski definition) is 1. The van der Waals surface area contributed by atoms with Gasteiger partial charge in [-0.25, -0.2) is 0 Å². The predicted octanol–water partition coefficient (Wildman–Crippen LogP) is 1.82. The first-order valence-electron chi connectivity index (χ1n) is 7.22. The third-order valence-electron chi connectivity index (χ3n) is 3.95. The van der Waals surface area contributed by atoms with Crippen molar-refractivity contribution in [2.24, 2.45) is 11.7 Å². The summed E-state index contributed by atoms with van der Waals surface area (Å²) in [6.07, 6.45) is 8.71. The van der Waals surface area contributed by atoms with Crippen LogP contribution < -0.4 is 5.73 Å². The van der Waals surface area contributed by atoms with Gasteiger partial charge in [-0.15, -0.1) is 12.3 Å². The molecule has 0 aromatic heterocycles. The zero-order chi connectivity index (χ0) is 14.4. The van der Waals surface area contributed by atoms with Crippen molar-refractivity contribution in [2.45, 2.75) is 31.7 Å². The van der Waals surface area contributed by atoms with Gasteiger partial charge in [-0.3, -0.25) is 4.79 Å². The summed E-state index contributed by atoms with van der Waals surface area (Å²) in [6.45, 7) is 1.60. The molecular weight excluding hydrogens is 248 g/mol. The van der Waals surface area contributed by atoms with E-state index >= 15 is 0 Å². The highest BCUT2D eigenvalue weighted by atomic mass is 16.2. The predicted molar refractivity (Wildman–Crippen MR) is 80.9 cm³/mol. The molecule has 0 spiro atoms. The first-order valence-corrected chi connectivity index (χ1v) is 7.22. The summed E-state index contributed by atoms with van der Waals surface area (Å²) >= 11 is 0. The first-order chi connectivity index (χ1) is 9.70. The van der Waals surface area contributed by atoms with Crippen molar-refractivity contribution in [2.75, 3.05) is 13.1 Å². The van der Waals surface area contributed by atoms with Crippen molar-refractivity contribution in [3.63, 3.8) is 0 Å². The van der Waals surface area contributed by atoms with Gasteiger partial charge in [0.15, 0.2) is 0 Å². The Hall–Kier alpha value is -1.79. The number of piperidine rings is 1. The number of carbonyl (C=O) groups is 1. The Kier molecular flexibility index (Phi) is 5.20. The van der Waals surface area contributed by atoms with E-state index < -0.39 is 6.04 Å². The van der Waals surface area contributed by atoms with Crippen LogP contribution in [0.15, 0.2) is 30.3 Å². The third kappa shape index (κ3) is 3.85. The molecule has 1 aliphatic rings. The molecule has 1 aromatic carbocycles. The van der Waals surface area contributed by atoms with Crippen LogP contribution in [0.5, 0.6) is 0 Å². The lowest BCUT2D eigenvalue weighted by Gasteiger charge is -2.33. The van der Waals surface area contributed by atoms with Crippen LogP contribution in [0.25, 0.3) is 0 Å². The van der Waals surface area contributed by atoms with Gasteiger partial charge in [-0.2, -0.15) is 0 Å². The highest BCUT2D eigenvalue weighted by Crippen LogP contribution is 2.22. The molecule has 1 aromatic rings. The van der Waals surface area contributed by atoms with Crippen LogP contribution >= 0.6 is 0 Å². The molecule has 1 atom stereocenters. The van der Waals surface area contributed by atoms with Crippen LogP contribution in [-0.2, 0) is 11.2 Å². The Morgan fingerprint density at radius 1 is 1.35 bits per heavy atom. The van der Waals surface area contributed by atoms with E-state index in [1.54, 1.807) is 0 Å². The number of hydrogen-bond acceptors (Lipinski definition) is 2. The van der Waals surface area contributed by atoms with E-state index in [4.69, 9.17) is 12.2 Å². The normalized spacial score (nSPS) is 17.5. The third-order valence-corrected chi connectivity index (χ3v) is 3.95. The number of nitrogens with zero attached hydrogens (tertiary/aromatic N) is 1. The maximum atomic E-state index is 12.1. The van der Waals surface area contributed by atoms with Gasteiger partial charge >= 0.3 is 0 Å². The summed E-state index contributed by atoms with van der Waals surface area (Å²) in [5, 5.41) is 0. The fourth-order valence-corrected chi connectivity index (χ4v) is 2.75. The smallest absolute Gasteiger partial charge is 0.240 e. The summed E-state index contributed by atoms with van der Waals surface area (Å²) < 4.78 is 0. The molecule has 3 heteroatoms. The van der Waals surface area contributed by atoms with Gasteiger partial charge in [0.2, 0.25) is 5.91 Å². The van der Waals surface area contributed by atoms with Crippen LogP contribution in [0.1, 0.15) is 24.8 Å². The van der Waals surface area contributed by atoms with E-state index in [1.165, 1.54) is 5.56 Å². The van der Waals surface area contributed by atoms with Crippen molar-refractivity contribution < 1.29 is 4.79 Å². The molecule has 2 N–H and O–H groups in total. The van der Waals surface area contributed by atoms with Crippen molar-refractivity contribution in [1.29, 1.82) is 0 Å². The van der Waals surface area contributed by atoms with Gasteiger partial charge in [-0.1, -0.05) is 30.3 Å². The van der Waals surface area contributed by atoms with E-state index in [0.29, 0.717) is 12.3 Å². The SMILES string of the molecule is C#CCC(N)C(=O)N1CCC(Cc2ccccc2)CC1. The van der Waals surface area contributed by atoms with Crippen LogP contribution in [-0.4, -0.2) is 29.9 Å². The number of carbonyl (C=O) groups excluding carboxylic acids is 1. The van der Waals surface area contributed by atoms with Gasteiger partial charge in [0.05, 0.1) is 6.04 Å². The van der Waals surface area contributed by atoms with Crippen LogP contribution in [0.3, 0.4) is 0 Å². The van der Waals surface area contributed by atoms with E-state index in [0.717, 1.165) is 32.4 Å². The number of amides is 1. The molecule has 2 rings (SSSR count). The lowest BCUT2D eigenvalue weighted by atomic mass is 9.90. The summed E-state index contributed by atoms with van der Waals surface area (Å²) in [7, 11) is 0. The van der Waals surface area contributed by atoms with Crippen LogP contribution in [0, 0.1) is 18.3 Å². The quantitative estimate of drug-likeness (QED) is 0.848. The standard InChI is InChI=1S/C17H22N2O/c1-2-6-16(18)17(20)19-11-9-15(10-12-19)13-14-7-4-3-5-8-14/h1,3-5,7-8,15-16H,6,9-13,18H2. The number of nitrogens with two attached hydrogens (primary N) is 1. The van der Waals surface area contributed by atoms with Gasteiger partial charge in [-0.05, 0) is 30.7 Å². The summed E-state index contributed by atoms with van der Waals surface area (Å²) in [5.74, 6) is 3.12. The molecule has 106 valence electrons. The van der Waals surface area contributed by atoms with Gasteiger partial charge in [0.25, 0.3) is 0 Å². The van der Waals surface area contributed by atoms with E-state index in [9.17, 15) is 4.79 Å². The zero-order valence-electron chi connectivity index (χ0n) is 11.8. The highest BCUT2D eigenvalue weighted by molar-refractivity contribution is 5.82. The molecule has 3 nitrogen and oxygen atoms in total. The van der Waals surface area contributed by atoms with E-state index in [2.05, 4.69) is 30.2 Å². The number of rotatable bonds is 4. The minimum absolute atomic E-state index is 0.00103. The second-order valence-corrected chi connectivity index (χ2v) is 5.47. The van der Waals surface area contributed by atoms with Crippen molar-refractivity contribution in [1.82, 2.24) is 4.90 Å². The molecule has 1 heterocycles. The average molecular weight is 270 g/mol. The van der Waals surface area contributed by atoms with Crippen molar-refractivity contribution in [3.05, 3.63) is 35.9 Å². The zero-order valence-corrected chi connectivity index (χ0v) is 11.8. The van der Waals surface area contributed by atoms with E-state index in [1.807, 2.05) is 11.0 Å². The second kappa shape index (κ2) is 7.12. The van der Waals surface area contributed by atoms with Gasteiger partial charge < -0.3 is 10.6 Å². The molecule has 1 fully saturated rings.